The molecule has 4 aromatic heterocycles. The summed E-state index contributed by atoms with van der Waals surface area (Å²) < 4.78 is 2.68. The molecule has 0 radical (unpaired) electrons. The maximum atomic E-state index is 5.47. The van der Waals surface area contributed by atoms with Crippen LogP contribution in [0.3, 0.4) is 0 Å². The van der Waals surface area contributed by atoms with Crippen LogP contribution in [0.25, 0.3) is 41.3 Å². The predicted octanol–water partition coefficient (Wildman–Crippen LogP) is 13.3. The Balaban J connectivity index is 1.63. The molecule has 0 amide bonds. The van der Waals surface area contributed by atoms with Gasteiger partial charge >= 0.3 is 0 Å². The van der Waals surface area contributed by atoms with Gasteiger partial charge in [0.25, 0.3) is 0 Å². The number of nitrogens with zero attached hydrogens (tertiary/aromatic N) is 2. The molecule has 4 heterocycles. The lowest BCUT2D eigenvalue weighted by atomic mass is 9.94. The van der Waals surface area contributed by atoms with Crippen LogP contribution in [0.2, 0.25) is 0 Å². The zero-order valence-electron chi connectivity index (χ0n) is 26.5. The lowest BCUT2D eigenvalue weighted by molar-refractivity contribution is 0.421. The Morgan fingerprint density at radius 2 is 1.05 bits per heavy atom. The molecule has 0 aliphatic heterocycles. The van der Waals surface area contributed by atoms with Crippen LogP contribution < -0.4 is 0 Å². The van der Waals surface area contributed by atoms with E-state index >= 15 is 0 Å². The molecule has 0 aliphatic carbocycles. The van der Waals surface area contributed by atoms with Gasteiger partial charge in [0.05, 0.1) is 30.4 Å². The summed E-state index contributed by atoms with van der Waals surface area (Å²) in [5, 5.41) is 7.17. The topological polar surface area (TPSA) is 25.8 Å². The van der Waals surface area contributed by atoms with Crippen molar-refractivity contribution in [3.63, 3.8) is 0 Å². The summed E-state index contributed by atoms with van der Waals surface area (Å²) in [6.45, 7) is 13.8. The summed E-state index contributed by atoms with van der Waals surface area (Å²) in [6, 6.07) is 4.73. The van der Waals surface area contributed by atoms with Crippen LogP contribution in [0.15, 0.2) is 22.9 Å². The summed E-state index contributed by atoms with van der Waals surface area (Å²) in [5.41, 5.74) is 7.73. The molecule has 0 spiro atoms. The molecule has 42 heavy (non-hydrogen) atoms. The van der Waals surface area contributed by atoms with Crippen LogP contribution in [0, 0.1) is 25.7 Å². The molecule has 0 N–H and O–H groups in total. The minimum atomic E-state index is 0.799. The first kappa shape index (κ1) is 31.8. The monoisotopic (exact) mass is 636 g/mol. The van der Waals surface area contributed by atoms with Crippen LogP contribution in [0.4, 0.5) is 0 Å². The average Bonchev–Trinajstić information content (AvgIpc) is 3.79. The molecule has 0 aliphatic rings. The molecule has 0 fully saturated rings. The second-order valence-corrected chi connectivity index (χ2v) is 16.2. The van der Waals surface area contributed by atoms with Gasteiger partial charge in [-0.3, -0.25) is 0 Å². The first-order valence-electron chi connectivity index (χ1n) is 16.3. The first-order chi connectivity index (χ1) is 20.4. The summed E-state index contributed by atoms with van der Waals surface area (Å²) in [4.78, 5) is 13.6. The molecule has 5 rings (SSSR count). The third kappa shape index (κ3) is 7.20. The molecule has 6 heteroatoms. The van der Waals surface area contributed by atoms with Gasteiger partial charge in [0.15, 0.2) is 0 Å². The number of aromatic nitrogens is 2. The fourth-order valence-corrected chi connectivity index (χ4v) is 10.5. The van der Waals surface area contributed by atoms with E-state index in [0.29, 0.717) is 0 Å². The van der Waals surface area contributed by atoms with E-state index in [0.717, 1.165) is 24.7 Å². The van der Waals surface area contributed by atoms with Crippen molar-refractivity contribution in [1.29, 1.82) is 0 Å². The van der Waals surface area contributed by atoms with E-state index in [1.165, 1.54) is 127 Å². The van der Waals surface area contributed by atoms with Crippen LogP contribution in [0.5, 0.6) is 0 Å². The van der Waals surface area contributed by atoms with Crippen molar-refractivity contribution in [3.05, 3.63) is 44.0 Å². The number of unbranched alkanes of at least 4 members (excludes halogenated alkanes) is 2. The van der Waals surface area contributed by atoms with Crippen molar-refractivity contribution in [2.75, 3.05) is 0 Å². The highest BCUT2D eigenvalue weighted by Gasteiger charge is 2.25. The standard InChI is InChI=1S/C36H48N2S4/c1-7-11-13-25(9-3)15-17-29-37-33-31(27-19-23(5)21-39-27)36-34(32(35(33)41-29)28-20-24(6)22-40-28)38-30(42-36)18-16-26(10-4)14-12-8-2/h19-22,25-26H,7-18H2,1-6H3. The summed E-state index contributed by atoms with van der Waals surface area (Å²) in [5.74, 6) is 1.60. The van der Waals surface area contributed by atoms with Gasteiger partial charge in [0, 0.05) is 20.9 Å². The maximum Gasteiger partial charge on any atom is 0.0939 e. The van der Waals surface area contributed by atoms with Crippen molar-refractivity contribution in [2.24, 2.45) is 11.8 Å². The average molecular weight is 637 g/mol. The number of thiazole rings is 2. The fraction of sp³-hybridized carbons (Fsp3) is 0.556. The molecule has 0 bridgehead atoms. The van der Waals surface area contributed by atoms with Crippen LogP contribution in [-0.2, 0) is 12.8 Å². The zero-order chi connectivity index (χ0) is 29.6. The van der Waals surface area contributed by atoms with Gasteiger partial charge in [-0.15, -0.1) is 45.3 Å². The van der Waals surface area contributed by atoms with Crippen molar-refractivity contribution < 1.29 is 0 Å². The van der Waals surface area contributed by atoms with E-state index in [4.69, 9.17) is 9.97 Å². The third-order valence-electron chi connectivity index (χ3n) is 8.84. The Labute approximate surface area is 269 Å². The smallest absolute Gasteiger partial charge is 0.0939 e. The molecule has 2 unspecified atom stereocenters. The summed E-state index contributed by atoms with van der Waals surface area (Å²) >= 11 is 7.61. The summed E-state index contributed by atoms with van der Waals surface area (Å²) in [7, 11) is 0. The number of hydrogen-bond acceptors (Lipinski definition) is 6. The van der Waals surface area contributed by atoms with Gasteiger partial charge in [-0.05, 0) is 85.4 Å². The van der Waals surface area contributed by atoms with Gasteiger partial charge in [-0.25, -0.2) is 9.97 Å². The number of fused-ring (bicyclic) bond motifs is 2. The third-order valence-corrected chi connectivity index (χ3v) is 13.2. The van der Waals surface area contributed by atoms with Gasteiger partial charge in [-0.1, -0.05) is 79.1 Å². The van der Waals surface area contributed by atoms with Crippen LogP contribution in [-0.4, -0.2) is 9.97 Å². The van der Waals surface area contributed by atoms with Gasteiger partial charge < -0.3 is 0 Å². The Morgan fingerprint density at radius 3 is 1.38 bits per heavy atom. The number of rotatable bonds is 16. The normalized spacial score (nSPS) is 13.5. The highest BCUT2D eigenvalue weighted by atomic mass is 32.1. The number of hydrogen-bond donors (Lipinski definition) is 0. The molecule has 1 aromatic carbocycles. The molecule has 0 saturated heterocycles. The van der Waals surface area contributed by atoms with Gasteiger partial charge in [0.2, 0.25) is 0 Å². The van der Waals surface area contributed by atoms with Gasteiger partial charge in [0.1, 0.15) is 0 Å². The molecule has 2 nitrogen and oxygen atoms in total. The largest absolute Gasteiger partial charge is 0.240 e. The fourth-order valence-electron chi connectivity index (χ4n) is 6.16. The SMILES string of the molecule is CCCCC(CC)CCc1nc2c(-c3cc(C)cs3)c3sc(CCC(CC)CCCC)nc3c(-c3cc(C)cs3)c2s1. The second kappa shape index (κ2) is 14.9. The zero-order valence-corrected chi connectivity index (χ0v) is 29.7. The minimum absolute atomic E-state index is 0.799. The van der Waals surface area contributed by atoms with E-state index in [1.54, 1.807) is 0 Å². The van der Waals surface area contributed by atoms with E-state index < -0.39 is 0 Å². The molecular formula is C36H48N2S4. The number of thiophene rings is 2. The molecule has 226 valence electrons. The molecular weight excluding hydrogens is 589 g/mol. The molecule has 0 saturated carbocycles. The van der Waals surface area contributed by atoms with Crippen LogP contribution in [0.1, 0.15) is 113 Å². The van der Waals surface area contributed by atoms with Gasteiger partial charge in [-0.2, -0.15) is 0 Å². The van der Waals surface area contributed by atoms with Crippen molar-refractivity contribution in [2.45, 2.75) is 119 Å². The van der Waals surface area contributed by atoms with Crippen molar-refractivity contribution >= 4 is 65.8 Å². The van der Waals surface area contributed by atoms with Crippen molar-refractivity contribution in [1.82, 2.24) is 9.97 Å². The van der Waals surface area contributed by atoms with E-state index in [-0.39, 0.29) is 0 Å². The number of aryl methyl sites for hydroxylation is 4. The quantitative estimate of drug-likeness (QED) is 0.108. The number of benzene rings is 1. The molecule has 2 atom stereocenters. The Kier molecular flexibility index (Phi) is 11.3. The van der Waals surface area contributed by atoms with Crippen LogP contribution >= 0.6 is 45.3 Å². The maximum absolute atomic E-state index is 5.47. The predicted molar refractivity (Wildman–Crippen MR) is 192 cm³/mol. The second-order valence-electron chi connectivity index (χ2n) is 12.2. The lowest BCUT2D eigenvalue weighted by Crippen LogP contribution is -2.00. The van der Waals surface area contributed by atoms with Crippen molar-refractivity contribution in [3.8, 4) is 20.9 Å². The Morgan fingerprint density at radius 1 is 0.619 bits per heavy atom. The van der Waals surface area contributed by atoms with E-state index in [2.05, 4.69) is 64.4 Å². The molecule has 5 aromatic rings. The highest BCUT2D eigenvalue weighted by molar-refractivity contribution is 7.23. The van der Waals surface area contributed by atoms with E-state index in [1.807, 2.05) is 45.3 Å². The van der Waals surface area contributed by atoms with E-state index in [9.17, 15) is 0 Å². The lowest BCUT2D eigenvalue weighted by Gasteiger charge is -2.12. The minimum Gasteiger partial charge on any atom is -0.240 e. The Bertz CT molecular complexity index is 1410. The Hall–Kier alpha value is -1.60. The first-order valence-corrected chi connectivity index (χ1v) is 19.7. The summed E-state index contributed by atoms with van der Waals surface area (Å²) in [6.07, 6.45) is 15.1. The highest BCUT2D eigenvalue weighted by Crippen LogP contribution is 2.50.